The number of carbonyl (C=O) groups excluding carboxylic acids is 1. The van der Waals surface area contributed by atoms with Gasteiger partial charge in [-0.3, -0.25) is 9.78 Å². The van der Waals surface area contributed by atoms with Gasteiger partial charge in [0.1, 0.15) is 18.2 Å². The second-order valence-corrected chi connectivity index (χ2v) is 8.93. The van der Waals surface area contributed by atoms with Gasteiger partial charge < -0.3 is 30.4 Å². The van der Waals surface area contributed by atoms with Gasteiger partial charge in [-0.25, -0.2) is 9.18 Å². The second-order valence-electron chi connectivity index (χ2n) is 8.93. The maximum atomic E-state index is 14.5. The molecule has 3 aromatic rings. The molecule has 9 nitrogen and oxygen atoms in total. The Balaban J connectivity index is 1.54. The largest absolute Gasteiger partial charge is 0.489 e. The molecule has 0 unspecified atom stereocenters. The maximum Gasteiger partial charge on any atom is 0.407 e. The first-order valence-electron chi connectivity index (χ1n) is 12.1. The topological polar surface area (TPSA) is 120 Å². The number of ether oxygens (including phenoxy) is 1. The molecule has 10 heteroatoms. The highest BCUT2D eigenvalue weighted by atomic mass is 19.1. The minimum Gasteiger partial charge on any atom is -0.489 e. The zero-order valence-electron chi connectivity index (χ0n) is 19.9. The van der Waals surface area contributed by atoms with Crippen LogP contribution in [0, 0.1) is 5.82 Å². The van der Waals surface area contributed by atoms with Gasteiger partial charge in [0, 0.05) is 48.2 Å². The number of nitrogens with one attached hydrogen (secondary N) is 3. The van der Waals surface area contributed by atoms with Crippen molar-refractivity contribution >= 4 is 23.4 Å². The van der Waals surface area contributed by atoms with E-state index in [4.69, 9.17) is 4.74 Å². The van der Waals surface area contributed by atoms with Gasteiger partial charge >= 0.3 is 6.09 Å². The van der Waals surface area contributed by atoms with Crippen LogP contribution in [-0.4, -0.2) is 57.7 Å². The summed E-state index contributed by atoms with van der Waals surface area (Å²) < 4.78 is 20.6. The molecular weight excluding hydrogens is 465 g/mol. The summed E-state index contributed by atoms with van der Waals surface area (Å²) in [4.78, 5) is 33.4. The molecule has 1 aromatic carbocycles. The van der Waals surface area contributed by atoms with Crippen LogP contribution in [0.25, 0.3) is 11.3 Å². The smallest absolute Gasteiger partial charge is 0.407 e. The molecule has 0 bridgehead atoms. The van der Waals surface area contributed by atoms with Crippen LogP contribution in [0.1, 0.15) is 41.4 Å². The lowest BCUT2D eigenvalue weighted by Crippen LogP contribution is -2.38. The quantitative estimate of drug-likeness (QED) is 0.389. The highest BCUT2D eigenvalue weighted by Gasteiger charge is 2.31. The van der Waals surface area contributed by atoms with Gasteiger partial charge in [0.05, 0.1) is 29.2 Å². The van der Waals surface area contributed by atoms with E-state index in [0.29, 0.717) is 65.4 Å². The van der Waals surface area contributed by atoms with E-state index in [-0.39, 0.29) is 24.4 Å². The molecule has 5 rings (SSSR count). The predicted octanol–water partition coefficient (Wildman–Crippen LogP) is 4.33. The number of H-pyrrole nitrogens is 1. The van der Waals surface area contributed by atoms with Gasteiger partial charge in [0.2, 0.25) is 0 Å². The zero-order chi connectivity index (χ0) is 25.2. The molecule has 2 aromatic heterocycles. The Labute approximate surface area is 207 Å². The van der Waals surface area contributed by atoms with Crippen LogP contribution >= 0.6 is 0 Å². The molecule has 4 N–H and O–H groups in total. The molecule has 4 heterocycles. The van der Waals surface area contributed by atoms with Crippen molar-refractivity contribution in [3.05, 3.63) is 59.3 Å². The summed E-state index contributed by atoms with van der Waals surface area (Å²) in [5.74, 6) is -0.0626. The maximum absolute atomic E-state index is 14.5. The van der Waals surface area contributed by atoms with Crippen molar-refractivity contribution < 1.29 is 23.8 Å². The van der Waals surface area contributed by atoms with E-state index in [0.717, 1.165) is 18.5 Å². The normalized spacial score (nSPS) is 17.0. The van der Waals surface area contributed by atoms with Gasteiger partial charge in [-0.05, 0) is 37.5 Å². The summed E-state index contributed by atoms with van der Waals surface area (Å²) >= 11 is 0. The lowest BCUT2D eigenvalue weighted by molar-refractivity contribution is 0.0946. The summed E-state index contributed by atoms with van der Waals surface area (Å²) in [5, 5.41) is 15.7. The number of pyridine rings is 1. The number of fused-ring (bicyclic) bond motifs is 1. The van der Waals surface area contributed by atoms with Crippen LogP contribution in [0.5, 0.6) is 5.75 Å². The number of rotatable bonds is 7. The molecule has 0 spiro atoms. The first kappa shape index (κ1) is 23.7. The Kier molecular flexibility index (Phi) is 6.49. The number of carbonyl (C=O) groups is 2. The van der Waals surface area contributed by atoms with Gasteiger partial charge in [0.25, 0.3) is 5.91 Å². The van der Waals surface area contributed by atoms with Crippen LogP contribution in [-0.2, 0) is 12.8 Å². The van der Waals surface area contributed by atoms with Gasteiger partial charge in [0.15, 0.2) is 0 Å². The first-order valence-corrected chi connectivity index (χ1v) is 12.1. The minimum absolute atomic E-state index is 0.193. The average Bonchev–Trinajstić information content (AvgIpc) is 3.49. The Bertz CT molecular complexity index is 1310. The second kappa shape index (κ2) is 9.88. The summed E-state index contributed by atoms with van der Waals surface area (Å²) in [5.41, 5.74) is 4.20. The van der Waals surface area contributed by atoms with Gasteiger partial charge in [-0.2, -0.15) is 0 Å². The monoisotopic (exact) mass is 493 g/mol. The molecule has 2 aliphatic rings. The molecule has 0 saturated carbocycles. The standard InChI is InChI=1S/C26H28FN5O4/c1-2-16-18(27)6-3-7-19(16)30-24-22-20(9-11-29-25(22)33)31-23(24)17-8-10-28-13-21(17)36-14-15-5-4-12-32(15)26(34)35/h3,6-8,10,13,15,30-31H,2,4-5,9,11-12,14H2,1H3,(H,29,33)(H,34,35)/t15-/m1/s1. The molecule has 36 heavy (non-hydrogen) atoms. The van der Waals surface area contributed by atoms with E-state index in [1.165, 1.54) is 11.0 Å². The molecule has 2 amide bonds. The number of likely N-dealkylation sites (tertiary alicyclic amines) is 1. The fraction of sp³-hybridized carbons (Fsp3) is 0.346. The van der Waals surface area contributed by atoms with Crippen molar-refractivity contribution in [1.29, 1.82) is 0 Å². The van der Waals surface area contributed by atoms with E-state index in [1.54, 1.807) is 30.6 Å². The van der Waals surface area contributed by atoms with Crippen molar-refractivity contribution in [1.82, 2.24) is 20.2 Å². The van der Waals surface area contributed by atoms with Crippen LogP contribution < -0.4 is 15.4 Å². The van der Waals surface area contributed by atoms with Crippen LogP contribution in [0.2, 0.25) is 0 Å². The molecule has 1 atom stereocenters. The SMILES string of the molecule is CCc1c(F)cccc1Nc1c(-c2ccncc2OC[C@H]2CCCN2C(=O)O)[nH]c2c1C(=O)NCC2. The number of anilines is 2. The Morgan fingerprint density at radius 1 is 1.36 bits per heavy atom. The summed E-state index contributed by atoms with van der Waals surface area (Å²) in [6, 6.07) is 6.38. The van der Waals surface area contributed by atoms with Crippen molar-refractivity contribution in [3.63, 3.8) is 0 Å². The van der Waals surface area contributed by atoms with Gasteiger partial charge in [-0.15, -0.1) is 0 Å². The van der Waals surface area contributed by atoms with Crippen LogP contribution in [0.4, 0.5) is 20.6 Å². The van der Waals surface area contributed by atoms with Crippen molar-refractivity contribution in [2.24, 2.45) is 0 Å². The van der Waals surface area contributed by atoms with Crippen molar-refractivity contribution in [2.75, 3.05) is 25.0 Å². The molecule has 1 fully saturated rings. The number of aromatic nitrogens is 2. The third-order valence-electron chi connectivity index (χ3n) is 6.81. The highest BCUT2D eigenvalue weighted by Crippen LogP contribution is 2.41. The number of hydrogen-bond donors (Lipinski definition) is 4. The van der Waals surface area contributed by atoms with Gasteiger partial charge in [-0.1, -0.05) is 13.0 Å². The fourth-order valence-electron chi connectivity index (χ4n) is 5.02. The lowest BCUT2D eigenvalue weighted by atomic mass is 10.0. The van der Waals surface area contributed by atoms with E-state index in [1.807, 2.05) is 6.92 Å². The van der Waals surface area contributed by atoms with Crippen LogP contribution in [0.3, 0.4) is 0 Å². The molecule has 1 saturated heterocycles. The lowest BCUT2D eigenvalue weighted by Gasteiger charge is -2.22. The van der Waals surface area contributed by atoms with E-state index in [9.17, 15) is 19.1 Å². The summed E-state index contributed by atoms with van der Waals surface area (Å²) in [6.45, 7) is 3.07. The number of hydrogen-bond acceptors (Lipinski definition) is 5. The predicted molar refractivity (Wildman–Crippen MR) is 132 cm³/mol. The third kappa shape index (κ3) is 4.34. The van der Waals surface area contributed by atoms with Crippen LogP contribution in [0.15, 0.2) is 36.7 Å². The number of halogens is 1. The molecule has 0 aliphatic carbocycles. The molecule has 0 radical (unpaired) electrons. The molecular formula is C26H28FN5O4. The Morgan fingerprint density at radius 2 is 2.22 bits per heavy atom. The highest BCUT2D eigenvalue weighted by molar-refractivity contribution is 6.06. The number of aromatic amines is 1. The Morgan fingerprint density at radius 3 is 3.03 bits per heavy atom. The van der Waals surface area contributed by atoms with E-state index in [2.05, 4.69) is 20.6 Å². The average molecular weight is 494 g/mol. The van der Waals surface area contributed by atoms with Crippen molar-refractivity contribution in [3.8, 4) is 17.0 Å². The molecule has 2 aliphatic heterocycles. The number of benzene rings is 1. The third-order valence-corrected chi connectivity index (χ3v) is 6.81. The first-order chi connectivity index (χ1) is 17.5. The minimum atomic E-state index is -0.955. The number of amides is 2. The summed E-state index contributed by atoms with van der Waals surface area (Å²) in [6.07, 6.45) is 4.88. The van der Waals surface area contributed by atoms with E-state index >= 15 is 0 Å². The van der Waals surface area contributed by atoms with E-state index < -0.39 is 6.09 Å². The Hall–Kier alpha value is -4.08. The summed E-state index contributed by atoms with van der Waals surface area (Å²) in [7, 11) is 0. The number of nitrogens with zero attached hydrogens (tertiary/aromatic N) is 2. The fourth-order valence-corrected chi connectivity index (χ4v) is 5.02. The molecule has 188 valence electrons. The zero-order valence-corrected chi connectivity index (χ0v) is 19.9. The number of carboxylic acid groups (broad SMARTS) is 1. The van der Waals surface area contributed by atoms with Crippen molar-refractivity contribution in [2.45, 2.75) is 38.6 Å².